The zero-order chi connectivity index (χ0) is 31.4. The Bertz CT molecular complexity index is 932. The lowest BCUT2D eigenvalue weighted by Gasteiger charge is -2.44. The van der Waals surface area contributed by atoms with Crippen molar-refractivity contribution in [3.8, 4) is 0 Å². The number of methoxy groups -OCH3 is 2. The van der Waals surface area contributed by atoms with Crippen molar-refractivity contribution in [1.82, 2.24) is 10.6 Å². The molecule has 0 radical (unpaired) electrons. The number of rotatable bonds is 15. The second-order valence-corrected chi connectivity index (χ2v) is 10.4. The first-order chi connectivity index (χ1) is 19.9. The molecule has 2 rings (SSSR count). The lowest BCUT2D eigenvalue weighted by molar-refractivity contribution is -0.277. The fourth-order valence-corrected chi connectivity index (χ4v) is 5.23. The molecule has 1 heterocycles. The van der Waals surface area contributed by atoms with E-state index in [4.69, 9.17) is 33.2 Å². The summed E-state index contributed by atoms with van der Waals surface area (Å²) in [6.07, 6.45) is -4.36. The van der Waals surface area contributed by atoms with E-state index in [2.05, 4.69) is 10.6 Å². The monoisotopic (exact) mass is 604 g/mol. The SMILES string of the molecule is COC[C@H]1C[C@H](NC(=O)CCCCO[C@@H]2O[C@H](COC(C)=O)[C@H](OC(C)=O)[C@H](OC(C)=O)[C@H]2NC(C)=O)[C@@H](OC)C1O. The minimum atomic E-state index is -1.21. The summed E-state index contributed by atoms with van der Waals surface area (Å²) in [7, 11) is 3.03. The first-order valence-corrected chi connectivity index (χ1v) is 13.9. The zero-order valence-electron chi connectivity index (χ0n) is 25.0. The van der Waals surface area contributed by atoms with E-state index in [0.29, 0.717) is 25.9 Å². The average molecular weight is 605 g/mol. The quantitative estimate of drug-likeness (QED) is 0.121. The van der Waals surface area contributed by atoms with E-state index in [0.717, 1.165) is 13.8 Å². The standard InChI is InChI=1S/C27H44N2O13/c1-14(30)28-22-26(41-17(4)33)25(40-16(3)32)20(13-39-15(2)31)42-27(22)38-10-8-7-9-21(34)29-19-11-18(12-36-5)23(35)24(19)37-6/h18-20,22-27,35H,7-13H2,1-6H3,(H,28,30)(H,29,34)/t18-,19+,20-,22-,23?,24-,25+,26-,27-/m1/s1. The maximum absolute atomic E-state index is 12.6. The molecule has 240 valence electrons. The number of hydrogen-bond donors (Lipinski definition) is 3. The Hall–Kier alpha value is -2.85. The van der Waals surface area contributed by atoms with Crippen molar-refractivity contribution in [2.75, 3.05) is 34.0 Å². The summed E-state index contributed by atoms with van der Waals surface area (Å²) in [5, 5.41) is 16.0. The average Bonchev–Trinajstić information content (AvgIpc) is 3.18. The van der Waals surface area contributed by atoms with Crippen molar-refractivity contribution in [3.63, 3.8) is 0 Å². The number of hydrogen-bond acceptors (Lipinski definition) is 13. The summed E-state index contributed by atoms with van der Waals surface area (Å²) in [5.74, 6) is -2.85. The van der Waals surface area contributed by atoms with Gasteiger partial charge in [0.1, 0.15) is 24.9 Å². The lowest BCUT2D eigenvalue weighted by Crippen LogP contribution is -2.66. The van der Waals surface area contributed by atoms with Gasteiger partial charge in [0.25, 0.3) is 0 Å². The maximum Gasteiger partial charge on any atom is 0.303 e. The Balaban J connectivity index is 2.01. The molecule has 0 spiro atoms. The lowest BCUT2D eigenvalue weighted by atomic mass is 9.96. The predicted octanol–water partition coefficient (Wildman–Crippen LogP) is -0.644. The molecule has 2 aliphatic rings. The Morgan fingerprint density at radius 1 is 0.857 bits per heavy atom. The number of carbonyl (C=O) groups is 5. The highest BCUT2D eigenvalue weighted by Crippen LogP contribution is 2.30. The van der Waals surface area contributed by atoms with Crippen molar-refractivity contribution in [2.24, 2.45) is 5.92 Å². The normalized spacial score (nSPS) is 30.7. The van der Waals surface area contributed by atoms with Gasteiger partial charge in [0.15, 0.2) is 18.5 Å². The molecule has 2 fully saturated rings. The summed E-state index contributed by atoms with van der Waals surface area (Å²) < 4.78 is 38.2. The fraction of sp³-hybridized carbons (Fsp3) is 0.815. The van der Waals surface area contributed by atoms with Gasteiger partial charge in [-0.25, -0.2) is 0 Å². The van der Waals surface area contributed by atoms with Crippen molar-refractivity contribution in [3.05, 3.63) is 0 Å². The van der Waals surface area contributed by atoms with Crippen LogP contribution in [0.5, 0.6) is 0 Å². The Kier molecular flexibility index (Phi) is 14.6. The van der Waals surface area contributed by atoms with Gasteiger partial charge in [-0.15, -0.1) is 0 Å². The van der Waals surface area contributed by atoms with Crippen LogP contribution in [0.2, 0.25) is 0 Å². The molecule has 15 nitrogen and oxygen atoms in total. The first-order valence-electron chi connectivity index (χ1n) is 13.9. The van der Waals surface area contributed by atoms with Crippen molar-refractivity contribution in [2.45, 2.75) is 102 Å². The highest BCUT2D eigenvalue weighted by atomic mass is 16.7. The van der Waals surface area contributed by atoms with Crippen molar-refractivity contribution < 1.29 is 62.2 Å². The van der Waals surface area contributed by atoms with Crippen LogP contribution < -0.4 is 10.6 Å². The number of ether oxygens (including phenoxy) is 7. The predicted molar refractivity (Wildman–Crippen MR) is 143 cm³/mol. The third-order valence-electron chi connectivity index (χ3n) is 6.92. The van der Waals surface area contributed by atoms with Crippen LogP contribution in [-0.4, -0.2) is 118 Å². The van der Waals surface area contributed by atoms with Gasteiger partial charge in [0, 0.05) is 60.9 Å². The van der Waals surface area contributed by atoms with Gasteiger partial charge in [-0.1, -0.05) is 0 Å². The molecule has 15 heteroatoms. The largest absolute Gasteiger partial charge is 0.463 e. The second-order valence-electron chi connectivity index (χ2n) is 10.4. The topological polar surface area (TPSA) is 194 Å². The first kappa shape index (κ1) is 35.3. The molecule has 2 amide bonds. The summed E-state index contributed by atoms with van der Waals surface area (Å²) in [6.45, 7) is 4.88. The molecule has 3 N–H and O–H groups in total. The van der Waals surface area contributed by atoms with Gasteiger partial charge in [-0.2, -0.15) is 0 Å². The highest BCUT2D eigenvalue weighted by Gasteiger charge is 2.51. The molecule has 0 bridgehead atoms. The van der Waals surface area contributed by atoms with E-state index in [-0.39, 0.29) is 37.5 Å². The smallest absolute Gasteiger partial charge is 0.303 e. The Morgan fingerprint density at radius 3 is 2.10 bits per heavy atom. The summed E-state index contributed by atoms with van der Waals surface area (Å²) in [6, 6.07) is -1.41. The van der Waals surface area contributed by atoms with Crippen LogP contribution in [0.4, 0.5) is 0 Å². The number of esters is 3. The zero-order valence-corrected chi connectivity index (χ0v) is 25.0. The summed E-state index contributed by atoms with van der Waals surface area (Å²) in [4.78, 5) is 59.8. The molecule has 1 saturated heterocycles. The molecule has 1 aliphatic heterocycles. The molecule has 0 aromatic carbocycles. The van der Waals surface area contributed by atoms with E-state index in [1.54, 1.807) is 7.11 Å². The highest BCUT2D eigenvalue weighted by molar-refractivity contribution is 5.76. The molecule has 9 atom stereocenters. The summed E-state index contributed by atoms with van der Waals surface area (Å²) >= 11 is 0. The minimum Gasteiger partial charge on any atom is -0.463 e. The van der Waals surface area contributed by atoms with Crippen LogP contribution in [0.3, 0.4) is 0 Å². The van der Waals surface area contributed by atoms with E-state index < -0.39 is 66.7 Å². The number of amides is 2. The van der Waals surface area contributed by atoms with Crippen LogP contribution in [0.25, 0.3) is 0 Å². The van der Waals surface area contributed by atoms with E-state index in [1.807, 2.05) is 0 Å². The third kappa shape index (κ3) is 10.8. The minimum absolute atomic E-state index is 0.0953. The van der Waals surface area contributed by atoms with Gasteiger partial charge in [0.05, 0.1) is 18.8 Å². The van der Waals surface area contributed by atoms with Gasteiger partial charge < -0.3 is 48.9 Å². The number of nitrogens with one attached hydrogen (secondary N) is 2. The number of carbonyl (C=O) groups excluding carboxylic acids is 5. The number of aliphatic hydroxyl groups excluding tert-OH is 1. The van der Waals surface area contributed by atoms with Crippen LogP contribution >= 0.6 is 0 Å². The molecule has 1 unspecified atom stereocenters. The van der Waals surface area contributed by atoms with Crippen molar-refractivity contribution in [1.29, 1.82) is 0 Å². The third-order valence-corrected chi connectivity index (χ3v) is 6.92. The van der Waals surface area contributed by atoms with E-state index in [9.17, 15) is 29.1 Å². The van der Waals surface area contributed by atoms with E-state index >= 15 is 0 Å². The van der Waals surface area contributed by atoms with Gasteiger partial charge >= 0.3 is 17.9 Å². The van der Waals surface area contributed by atoms with Gasteiger partial charge in [0.2, 0.25) is 11.8 Å². The maximum atomic E-state index is 12.6. The second kappa shape index (κ2) is 17.3. The van der Waals surface area contributed by atoms with Crippen LogP contribution in [0, 0.1) is 5.92 Å². The molecule has 0 aromatic rings. The molecular weight excluding hydrogens is 560 g/mol. The number of unbranched alkanes of at least 4 members (excludes halogenated alkanes) is 1. The molecule has 0 aromatic heterocycles. The van der Waals surface area contributed by atoms with Gasteiger partial charge in [-0.3, -0.25) is 24.0 Å². The van der Waals surface area contributed by atoms with Crippen LogP contribution in [-0.2, 0) is 57.1 Å². The van der Waals surface area contributed by atoms with Crippen LogP contribution in [0.1, 0.15) is 53.4 Å². The fourth-order valence-electron chi connectivity index (χ4n) is 5.23. The molecule has 1 aliphatic carbocycles. The van der Waals surface area contributed by atoms with Crippen molar-refractivity contribution >= 4 is 29.7 Å². The Labute approximate surface area is 245 Å². The Morgan fingerprint density at radius 2 is 1.52 bits per heavy atom. The molecular formula is C27H44N2O13. The molecule has 1 saturated carbocycles. The van der Waals surface area contributed by atoms with Gasteiger partial charge in [-0.05, 0) is 19.3 Å². The number of aliphatic hydroxyl groups is 1. The molecule has 42 heavy (non-hydrogen) atoms. The van der Waals surface area contributed by atoms with E-state index in [1.165, 1.54) is 21.0 Å². The van der Waals surface area contributed by atoms with Crippen LogP contribution in [0.15, 0.2) is 0 Å². The summed E-state index contributed by atoms with van der Waals surface area (Å²) in [5.41, 5.74) is 0.